The second-order valence-corrected chi connectivity index (χ2v) is 9.02. The third kappa shape index (κ3) is 2.79. The number of hydrogen-bond acceptors (Lipinski definition) is 1. The van der Waals surface area contributed by atoms with Crippen molar-refractivity contribution < 1.29 is 5.11 Å². The fourth-order valence-corrected chi connectivity index (χ4v) is 5.68. The van der Waals surface area contributed by atoms with Crippen molar-refractivity contribution in [3.8, 4) is 0 Å². The highest BCUT2D eigenvalue weighted by atomic mass is 16.3. The lowest BCUT2D eigenvalue weighted by molar-refractivity contribution is -0.0435. The summed E-state index contributed by atoms with van der Waals surface area (Å²) in [6, 6.07) is 0. The van der Waals surface area contributed by atoms with E-state index in [1.807, 2.05) is 0 Å². The van der Waals surface area contributed by atoms with Crippen molar-refractivity contribution in [3.63, 3.8) is 0 Å². The molecule has 0 aromatic rings. The van der Waals surface area contributed by atoms with Crippen LogP contribution in [0.2, 0.25) is 0 Å². The Balaban J connectivity index is 2.29. The molecule has 6 atom stereocenters. The standard InChI is InChI=1S/C21H38O/c1-8-17-13-18(22)9-11-21(17,7)19-10-12-20(6,14(2)3)16(5)15(19)4/h13-16,18-19,22H,8-12H2,1-7H3. The van der Waals surface area contributed by atoms with Gasteiger partial charge in [-0.3, -0.25) is 0 Å². The van der Waals surface area contributed by atoms with E-state index in [0.29, 0.717) is 10.8 Å². The van der Waals surface area contributed by atoms with Gasteiger partial charge >= 0.3 is 0 Å². The summed E-state index contributed by atoms with van der Waals surface area (Å²) in [5, 5.41) is 10.0. The second kappa shape index (κ2) is 6.30. The minimum atomic E-state index is -0.208. The molecule has 1 fully saturated rings. The Labute approximate surface area is 138 Å². The van der Waals surface area contributed by atoms with Crippen molar-refractivity contribution in [2.75, 3.05) is 0 Å². The minimum absolute atomic E-state index is 0.208. The van der Waals surface area contributed by atoms with E-state index in [9.17, 15) is 5.11 Å². The molecule has 1 N–H and O–H groups in total. The third-order valence-corrected chi connectivity index (χ3v) is 8.06. The molecule has 0 aromatic heterocycles. The third-order valence-electron chi connectivity index (χ3n) is 8.06. The van der Waals surface area contributed by atoms with Crippen LogP contribution in [0.3, 0.4) is 0 Å². The SMILES string of the molecule is CCC1=CC(O)CCC1(C)C1CCC(C)(C(C)C)C(C)C1C. The van der Waals surface area contributed by atoms with Gasteiger partial charge in [-0.25, -0.2) is 0 Å². The molecule has 1 nitrogen and oxygen atoms in total. The van der Waals surface area contributed by atoms with Gasteiger partial charge < -0.3 is 5.11 Å². The van der Waals surface area contributed by atoms with Crippen LogP contribution in [0.1, 0.15) is 80.6 Å². The molecule has 0 bridgehead atoms. The topological polar surface area (TPSA) is 20.2 Å². The Morgan fingerprint density at radius 1 is 1.18 bits per heavy atom. The van der Waals surface area contributed by atoms with E-state index in [-0.39, 0.29) is 6.10 Å². The Hall–Kier alpha value is -0.300. The van der Waals surface area contributed by atoms with Crippen LogP contribution in [-0.2, 0) is 0 Å². The number of aliphatic hydroxyl groups excluding tert-OH is 1. The van der Waals surface area contributed by atoms with Crippen molar-refractivity contribution >= 4 is 0 Å². The molecule has 0 radical (unpaired) electrons. The van der Waals surface area contributed by atoms with Crippen LogP contribution in [0.15, 0.2) is 11.6 Å². The number of rotatable bonds is 3. The first-order valence-corrected chi connectivity index (χ1v) is 9.56. The highest BCUT2D eigenvalue weighted by Gasteiger charge is 2.50. The molecule has 0 heterocycles. The molecule has 0 saturated heterocycles. The summed E-state index contributed by atoms with van der Waals surface area (Å²) in [4.78, 5) is 0. The first-order chi connectivity index (χ1) is 10.2. The van der Waals surface area contributed by atoms with Gasteiger partial charge in [0.05, 0.1) is 6.10 Å². The number of allylic oxidation sites excluding steroid dienone is 1. The van der Waals surface area contributed by atoms with Gasteiger partial charge in [-0.05, 0) is 66.6 Å². The lowest BCUT2D eigenvalue weighted by atomic mass is 9.49. The van der Waals surface area contributed by atoms with Gasteiger partial charge in [0, 0.05) is 0 Å². The summed E-state index contributed by atoms with van der Waals surface area (Å²) >= 11 is 0. The molecular weight excluding hydrogens is 268 g/mol. The van der Waals surface area contributed by atoms with Crippen LogP contribution >= 0.6 is 0 Å². The molecule has 0 amide bonds. The normalized spacial score (nSPS) is 46.7. The summed E-state index contributed by atoms with van der Waals surface area (Å²) < 4.78 is 0. The summed E-state index contributed by atoms with van der Waals surface area (Å²) in [5.41, 5.74) is 2.31. The van der Waals surface area contributed by atoms with E-state index in [2.05, 4.69) is 54.5 Å². The second-order valence-electron chi connectivity index (χ2n) is 9.02. The monoisotopic (exact) mass is 306 g/mol. The van der Waals surface area contributed by atoms with Crippen molar-refractivity contribution in [1.29, 1.82) is 0 Å². The van der Waals surface area contributed by atoms with Gasteiger partial charge in [0.1, 0.15) is 0 Å². The molecule has 2 aliphatic carbocycles. The van der Waals surface area contributed by atoms with Gasteiger partial charge in [0.25, 0.3) is 0 Å². The Morgan fingerprint density at radius 3 is 2.36 bits per heavy atom. The first-order valence-electron chi connectivity index (χ1n) is 9.56. The molecule has 1 heteroatoms. The molecular formula is C21H38O. The van der Waals surface area contributed by atoms with Gasteiger partial charge in [-0.1, -0.05) is 60.1 Å². The molecule has 128 valence electrons. The Morgan fingerprint density at radius 2 is 1.82 bits per heavy atom. The van der Waals surface area contributed by atoms with Gasteiger partial charge in [-0.15, -0.1) is 0 Å². The first kappa shape index (κ1) is 18.0. The fraction of sp³-hybridized carbons (Fsp3) is 0.905. The average Bonchev–Trinajstić information content (AvgIpc) is 2.47. The van der Waals surface area contributed by atoms with Gasteiger partial charge in [-0.2, -0.15) is 0 Å². The largest absolute Gasteiger partial charge is 0.389 e. The lowest BCUT2D eigenvalue weighted by Crippen LogP contribution is -2.48. The summed E-state index contributed by atoms with van der Waals surface area (Å²) in [7, 11) is 0. The molecule has 0 aromatic carbocycles. The molecule has 0 aliphatic heterocycles. The van der Waals surface area contributed by atoms with Crippen molar-refractivity contribution in [1.82, 2.24) is 0 Å². The van der Waals surface area contributed by atoms with E-state index in [1.54, 1.807) is 0 Å². The lowest BCUT2D eigenvalue weighted by Gasteiger charge is -2.56. The predicted molar refractivity (Wildman–Crippen MR) is 95.7 cm³/mol. The van der Waals surface area contributed by atoms with Crippen LogP contribution in [-0.4, -0.2) is 11.2 Å². The van der Waals surface area contributed by atoms with Crippen LogP contribution in [0.4, 0.5) is 0 Å². The highest BCUT2D eigenvalue weighted by molar-refractivity contribution is 5.21. The zero-order valence-corrected chi connectivity index (χ0v) is 15.9. The van der Waals surface area contributed by atoms with Crippen LogP contribution < -0.4 is 0 Å². The van der Waals surface area contributed by atoms with E-state index in [1.165, 1.54) is 18.4 Å². The van der Waals surface area contributed by atoms with Crippen molar-refractivity contribution in [2.24, 2.45) is 34.5 Å². The zero-order valence-electron chi connectivity index (χ0n) is 15.9. The maximum absolute atomic E-state index is 10.0. The molecule has 2 aliphatic rings. The molecule has 22 heavy (non-hydrogen) atoms. The van der Waals surface area contributed by atoms with Gasteiger partial charge in [0.2, 0.25) is 0 Å². The Kier molecular flexibility index (Phi) is 5.17. The molecule has 2 rings (SSSR count). The number of hydrogen-bond donors (Lipinski definition) is 1. The maximum Gasteiger partial charge on any atom is 0.0724 e. The molecule has 0 spiro atoms. The van der Waals surface area contributed by atoms with Crippen LogP contribution in [0.5, 0.6) is 0 Å². The van der Waals surface area contributed by atoms with E-state index < -0.39 is 0 Å². The summed E-state index contributed by atoms with van der Waals surface area (Å²) in [6.07, 6.45) is 7.87. The number of aliphatic hydroxyl groups is 1. The van der Waals surface area contributed by atoms with Crippen molar-refractivity contribution in [2.45, 2.75) is 86.7 Å². The van der Waals surface area contributed by atoms with Crippen molar-refractivity contribution in [3.05, 3.63) is 11.6 Å². The van der Waals surface area contributed by atoms with Gasteiger partial charge in [0.15, 0.2) is 0 Å². The summed E-state index contributed by atoms with van der Waals surface area (Å²) in [6.45, 7) is 17.1. The van der Waals surface area contributed by atoms with Crippen LogP contribution in [0, 0.1) is 34.5 Å². The molecule has 1 saturated carbocycles. The highest BCUT2D eigenvalue weighted by Crippen LogP contribution is 2.58. The van der Waals surface area contributed by atoms with E-state index in [4.69, 9.17) is 0 Å². The average molecular weight is 307 g/mol. The Bertz CT molecular complexity index is 424. The smallest absolute Gasteiger partial charge is 0.0724 e. The van der Waals surface area contributed by atoms with Crippen LogP contribution in [0.25, 0.3) is 0 Å². The zero-order chi connectivity index (χ0) is 16.7. The maximum atomic E-state index is 10.0. The van der Waals surface area contributed by atoms with E-state index in [0.717, 1.165) is 42.9 Å². The summed E-state index contributed by atoms with van der Waals surface area (Å²) in [5.74, 6) is 3.06. The predicted octanol–water partition coefficient (Wildman–Crippen LogP) is 5.83. The quantitative estimate of drug-likeness (QED) is 0.650. The molecule has 6 unspecified atom stereocenters. The van der Waals surface area contributed by atoms with E-state index >= 15 is 0 Å². The minimum Gasteiger partial charge on any atom is -0.389 e. The fourth-order valence-electron chi connectivity index (χ4n) is 5.68.